The van der Waals surface area contributed by atoms with Gasteiger partial charge in [-0.15, -0.1) is 10.2 Å². The van der Waals surface area contributed by atoms with Crippen LogP contribution in [0.15, 0.2) is 35.7 Å². The Hall–Kier alpha value is -2.22. The van der Waals surface area contributed by atoms with Crippen LogP contribution in [0.5, 0.6) is 0 Å². The van der Waals surface area contributed by atoms with E-state index in [9.17, 15) is 13.2 Å². The lowest BCUT2D eigenvalue weighted by molar-refractivity contribution is -0.118. The second kappa shape index (κ2) is 6.69. The van der Waals surface area contributed by atoms with Crippen LogP contribution in [0.25, 0.3) is 0 Å². The summed E-state index contributed by atoms with van der Waals surface area (Å²) in [6.45, 7) is 2.38. The highest BCUT2D eigenvalue weighted by Gasteiger charge is 2.23. The second-order valence-corrected chi connectivity index (χ2v) is 6.89. The molecule has 0 aliphatic carbocycles. The Kier molecular flexibility index (Phi) is 4.92. The van der Waals surface area contributed by atoms with Crippen molar-refractivity contribution in [1.29, 1.82) is 0 Å². The van der Waals surface area contributed by atoms with Crippen LogP contribution in [0.1, 0.15) is 11.1 Å². The van der Waals surface area contributed by atoms with E-state index in [0.717, 1.165) is 11.1 Å². The SMILES string of the molecule is Cc1ccccc1CCNC(=O)CS(=O)(=O)c1nncn1C. The first-order valence-corrected chi connectivity index (χ1v) is 8.43. The lowest BCUT2D eigenvalue weighted by Gasteiger charge is -2.07. The predicted molar refractivity (Wildman–Crippen MR) is 80.9 cm³/mol. The average Bonchev–Trinajstić information content (AvgIpc) is 2.87. The highest BCUT2D eigenvalue weighted by molar-refractivity contribution is 7.91. The van der Waals surface area contributed by atoms with E-state index in [1.165, 1.54) is 17.9 Å². The highest BCUT2D eigenvalue weighted by Crippen LogP contribution is 2.07. The van der Waals surface area contributed by atoms with Crippen LogP contribution in [0.2, 0.25) is 0 Å². The molecule has 2 rings (SSSR count). The smallest absolute Gasteiger partial charge is 0.249 e. The molecular formula is C14H18N4O3S. The number of carbonyl (C=O) groups excluding carboxylic acids is 1. The van der Waals surface area contributed by atoms with Gasteiger partial charge in [0.2, 0.25) is 20.9 Å². The Morgan fingerprint density at radius 1 is 1.32 bits per heavy atom. The van der Waals surface area contributed by atoms with Crippen molar-refractivity contribution in [2.45, 2.75) is 18.5 Å². The van der Waals surface area contributed by atoms with E-state index in [1.54, 1.807) is 0 Å². The summed E-state index contributed by atoms with van der Waals surface area (Å²) in [5.74, 6) is -1.18. The molecule has 7 nitrogen and oxygen atoms in total. The van der Waals surface area contributed by atoms with Crippen molar-refractivity contribution in [1.82, 2.24) is 20.1 Å². The first-order valence-electron chi connectivity index (χ1n) is 6.78. The molecule has 8 heteroatoms. The van der Waals surface area contributed by atoms with Gasteiger partial charge in [-0.1, -0.05) is 24.3 Å². The minimum Gasteiger partial charge on any atom is -0.355 e. The fourth-order valence-electron chi connectivity index (χ4n) is 2.07. The highest BCUT2D eigenvalue weighted by atomic mass is 32.2. The zero-order chi connectivity index (χ0) is 16.2. The van der Waals surface area contributed by atoms with Gasteiger partial charge < -0.3 is 9.88 Å². The number of rotatable bonds is 6. The number of amides is 1. The normalized spacial score (nSPS) is 11.4. The molecule has 1 N–H and O–H groups in total. The molecule has 0 radical (unpaired) electrons. The minimum atomic E-state index is -3.77. The Morgan fingerprint density at radius 3 is 2.68 bits per heavy atom. The molecule has 1 amide bonds. The molecule has 1 aromatic carbocycles. The molecule has 0 unspecified atom stereocenters. The Bertz CT molecular complexity index is 768. The van der Waals surface area contributed by atoms with Gasteiger partial charge in [0.25, 0.3) is 0 Å². The van der Waals surface area contributed by atoms with Crippen molar-refractivity contribution in [3.8, 4) is 0 Å². The van der Waals surface area contributed by atoms with Gasteiger partial charge in [-0.05, 0) is 24.5 Å². The molecule has 0 fully saturated rings. The van der Waals surface area contributed by atoms with Crippen LogP contribution >= 0.6 is 0 Å². The molecule has 0 aliphatic rings. The van der Waals surface area contributed by atoms with Crippen molar-refractivity contribution in [2.75, 3.05) is 12.3 Å². The fourth-order valence-corrected chi connectivity index (χ4v) is 3.30. The molecule has 0 atom stereocenters. The summed E-state index contributed by atoms with van der Waals surface area (Å²) in [4.78, 5) is 11.8. The van der Waals surface area contributed by atoms with Gasteiger partial charge in [-0.25, -0.2) is 8.42 Å². The zero-order valence-electron chi connectivity index (χ0n) is 12.5. The van der Waals surface area contributed by atoms with Crippen molar-refractivity contribution in [3.05, 3.63) is 41.7 Å². The Balaban J connectivity index is 1.89. The third kappa shape index (κ3) is 3.91. The van der Waals surface area contributed by atoms with Crippen LogP contribution < -0.4 is 5.32 Å². The van der Waals surface area contributed by atoms with Gasteiger partial charge in [0.15, 0.2) is 0 Å². The van der Waals surface area contributed by atoms with Crippen LogP contribution in [0.3, 0.4) is 0 Å². The van der Waals surface area contributed by atoms with Crippen molar-refractivity contribution in [3.63, 3.8) is 0 Å². The van der Waals surface area contributed by atoms with Gasteiger partial charge in [0.1, 0.15) is 12.1 Å². The van der Waals surface area contributed by atoms with Crippen LogP contribution in [-0.2, 0) is 28.1 Å². The lowest BCUT2D eigenvalue weighted by Crippen LogP contribution is -2.32. The summed E-state index contributed by atoms with van der Waals surface area (Å²) in [7, 11) is -2.26. The topological polar surface area (TPSA) is 93.9 Å². The number of hydrogen-bond acceptors (Lipinski definition) is 5. The van der Waals surface area contributed by atoms with E-state index in [2.05, 4.69) is 15.5 Å². The maximum Gasteiger partial charge on any atom is 0.249 e. The average molecular weight is 322 g/mol. The largest absolute Gasteiger partial charge is 0.355 e. The molecule has 0 aliphatic heterocycles. The molecule has 118 valence electrons. The molecule has 0 bridgehead atoms. The molecule has 0 spiro atoms. The number of aromatic nitrogens is 3. The van der Waals surface area contributed by atoms with E-state index in [-0.39, 0.29) is 5.16 Å². The molecule has 1 aromatic heterocycles. The second-order valence-electron chi connectivity index (χ2n) is 5.01. The summed E-state index contributed by atoms with van der Waals surface area (Å²) < 4.78 is 25.3. The van der Waals surface area contributed by atoms with Gasteiger partial charge in [0, 0.05) is 13.6 Å². The Morgan fingerprint density at radius 2 is 2.05 bits per heavy atom. The van der Waals surface area contributed by atoms with Crippen LogP contribution in [0.4, 0.5) is 0 Å². The number of carbonyl (C=O) groups is 1. The maximum absolute atomic E-state index is 12.0. The first-order chi connectivity index (χ1) is 10.4. The van der Waals surface area contributed by atoms with Gasteiger partial charge in [-0.3, -0.25) is 4.79 Å². The van der Waals surface area contributed by atoms with Crippen molar-refractivity contribution in [2.24, 2.45) is 7.05 Å². The monoisotopic (exact) mass is 322 g/mol. The summed E-state index contributed by atoms with van der Waals surface area (Å²) in [6.07, 6.45) is 1.94. The van der Waals surface area contributed by atoms with Gasteiger partial charge in [-0.2, -0.15) is 0 Å². The van der Waals surface area contributed by atoms with E-state index < -0.39 is 21.5 Å². The lowest BCUT2D eigenvalue weighted by atomic mass is 10.1. The van der Waals surface area contributed by atoms with Crippen LogP contribution in [-0.4, -0.2) is 41.4 Å². The maximum atomic E-state index is 12.0. The predicted octanol–water partition coefficient (Wildman–Crippen LogP) is 0.256. The van der Waals surface area contributed by atoms with E-state index >= 15 is 0 Å². The third-order valence-corrected chi connectivity index (χ3v) is 4.82. The number of aryl methyl sites for hydroxylation is 2. The summed E-state index contributed by atoms with van der Waals surface area (Å²) in [5, 5.41) is 9.45. The molecule has 1 heterocycles. The number of sulfone groups is 1. The Labute approximate surface area is 129 Å². The van der Waals surface area contributed by atoms with Crippen LogP contribution in [0, 0.1) is 6.92 Å². The fraction of sp³-hybridized carbons (Fsp3) is 0.357. The minimum absolute atomic E-state index is 0.207. The molecule has 2 aromatic rings. The molecule has 22 heavy (non-hydrogen) atoms. The standard InChI is InChI=1S/C14H18N4O3S/c1-11-5-3-4-6-12(11)7-8-15-13(19)9-22(20,21)14-17-16-10-18(14)2/h3-6,10H,7-9H2,1-2H3,(H,15,19). The number of nitrogens with one attached hydrogen (secondary N) is 1. The van der Waals surface area contributed by atoms with E-state index in [0.29, 0.717) is 13.0 Å². The summed E-state index contributed by atoms with van der Waals surface area (Å²) in [6, 6.07) is 7.86. The number of nitrogens with zero attached hydrogens (tertiary/aromatic N) is 3. The molecular weight excluding hydrogens is 304 g/mol. The van der Waals surface area contributed by atoms with Gasteiger partial charge >= 0.3 is 0 Å². The number of benzene rings is 1. The van der Waals surface area contributed by atoms with E-state index in [1.807, 2.05) is 31.2 Å². The third-order valence-electron chi connectivity index (χ3n) is 3.25. The first kappa shape index (κ1) is 16.2. The summed E-state index contributed by atoms with van der Waals surface area (Å²) >= 11 is 0. The summed E-state index contributed by atoms with van der Waals surface area (Å²) in [5.41, 5.74) is 2.27. The quantitative estimate of drug-likeness (QED) is 0.823. The van der Waals surface area contributed by atoms with E-state index in [4.69, 9.17) is 0 Å². The van der Waals surface area contributed by atoms with Gasteiger partial charge in [0.05, 0.1) is 0 Å². The van der Waals surface area contributed by atoms with Crippen molar-refractivity contribution >= 4 is 15.7 Å². The number of hydrogen-bond donors (Lipinski definition) is 1. The molecule has 0 saturated carbocycles. The molecule has 0 saturated heterocycles. The van der Waals surface area contributed by atoms with Crippen molar-refractivity contribution < 1.29 is 13.2 Å². The zero-order valence-corrected chi connectivity index (χ0v) is 13.3.